The zero-order valence-corrected chi connectivity index (χ0v) is 26.3. The Labute approximate surface area is 229 Å². The van der Waals surface area contributed by atoms with Crippen molar-refractivity contribution in [2.24, 2.45) is 0 Å². The Hall–Kier alpha value is -2.67. The Morgan fingerprint density at radius 1 is 0.459 bits per heavy atom. The summed E-state index contributed by atoms with van der Waals surface area (Å²) >= 11 is 0. The molecular formula is C27H33O6Si4. The highest BCUT2D eigenvalue weighted by atomic mass is 28.4. The van der Waals surface area contributed by atoms with Crippen LogP contribution in [0, 0.1) is 0 Å². The summed E-state index contributed by atoms with van der Waals surface area (Å²) in [6.45, 7) is 0. The first-order valence-electron chi connectivity index (χ1n) is 11.8. The summed E-state index contributed by atoms with van der Waals surface area (Å²) in [6, 6.07) is 18.4. The van der Waals surface area contributed by atoms with Gasteiger partial charge in [-0.15, -0.1) is 0 Å². The van der Waals surface area contributed by atoms with Crippen LogP contribution in [-0.4, -0.2) is 80.0 Å². The molecule has 0 unspecified atom stereocenters. The van der Waals surface area contributed by atoms with Crippen LogP contribution in [0.3, 0.4) is 0 Å². The van der Waals surface area contributed by atoms with Crippen LogP contribution in [-0.2, 0) is 0 Å². The van der Waals surface area contributed by atoms with Crippen molar-refractivity contribution in [2.45, 2.75) is 17.0 Å². The van der Waals surface area contributed by atoms with Gasteiger partial charge in [-0.1, -0.05) is 53.4 Å². The quantitative estimate of drug-likeness (QED) is 0.264. The summed E-state index contributed by atoms with van der Waals surface area (Å²) in [6.07, 6.45) is 0. The molecule has 0 aliphatic heterocycles. The van der Waals surface area contributed by atoms with Crippen molar-refractivity contribution in [3.63, 3.8) is 0 Å². The highest BCUT2D eigenvalue weighted by molar-refractivity contribution is 6.87. The van der Waals surface area contributed by atoms with E-state index in [1.165, 1.54) is 15.6 Å². The van der Waals surface area contributed by atoms with E-state index in [1.807, 2.05) is 36.4 Å². The van der Waals surface area contributed by atoms with Crippen LogP contribution in [0.25, 0.3) is 0 Å². The number of hydrogen-bond acceptors (Lipinski definition) is 6. The molecular weight excluding hydrogens is 533 g/mol. The third-order valence-corrected chi connectivity index (χ3v) is 16.2. The zero-order chi connectivity index (χ0) is 26.6. The third-order valence-electron chi connectivity index (χ3n) is 5.80. The van der Waals surface area contributed by atoms with Crippen LogP contribution >= 0.6 is 0 Å². The number of rotatable bonds is 15. The van der Waals surface area contributed by atoms with E-state index in [1.54, 1.807) is 42.7 Å². The average molecular weight is 566 g/mol. The molecule has 6 nitrogen and oxygen atoms in total. The van der Waals surface area contributed by atoms with E-state index in [2.05, 4.69) is 18.2 Å². The van der Waals surface area contributed by atoms with E-state index < -0.39 is 8.80 Å². The lowest BCUT2D eigenvalue weighted by Crippen LogP contribution is -2.32. The van der Waals surface area contributed by atoms with Crippen LogP contribution in [0.15, 0.2) is 54.6 Å². The minimum atomic E-state index is -0.721. The monoisotopic (exact) mass is 565 g/mol. The molecule has 0 fully saturated rings. The van der Waals surface area contributed by atoms with Gasteiger partial charge in [0.25, 0.3) is 0 Å². The molecule has 7 radical (unpaired) electrons. The van der Waals surface area contributed by atoms with Gasteiger partial charge in [0, 0.05) is 8.80 Å². The maximum absolute atomic E-state index is 5.71. The molecule has 10 heteroatoms. The van der Waals surface area contributed by atoms with Gasteiger partial charge in [-0.3, -0.25) is 0 Å². The third kappa shape index (κ3) is 7.43. The van der Waals surface area contributed by atoms with Gasteiger partial charge < -0.3 is 28.4 Å². The average Bonchev–Trinajstić information content (AvgIpc) is 2.95. The fraction of sp³-hybridized carbons (Fsp3) is 0.333. The molecule has 3 aromatic carbocycles. The van der Waals surface area contributed by atoms with E-state index >= 15 is 0 Å². The Bertz CT molecular complexity index is 1000. The van der Waals surface area contributed by atoms with E-state index in [0.29, 0.717) is 28.6 Å². The number of ether oxygens (including phenoxy) is 6. The standard InChI is InChI=1S/C27H33O6Si4/c1-28-19-10-7-13-22(25(19)31-4)34-16-37(17-35-23-14-8-11-20(29-2)26(23)32-5)18-36-24-15-9-12-21(30-3)27(24)33-6/h7-15H,16-18H2,1-6H3. The first kappa shape index (κ1) is 28.9. The molecule has 193 valence electrons. The topological polar surface area (TPSA) is 55.4 Å². The minimum Gasteiger partial charge on any atom is -0.493 e. The molecule has 0 saturated carbocycles. The molecule has 0 bridgehead atoms. The van der Waals surface area contributed by atoms with Crippen molar-refractivity contribution in [2.75, 3.05) is 42.7 Å². The molecule has 3 rings (SSSR count). The largest absolute Gasteiger partial charge is 0.493 e. The molecule has 3 aromatic rings. The van der Waals surface area contributed by atoms with Gasteiger partial charge in [0.2, 0.25) is 0 Å². The first-order valence-corrected chi connectivity index (χ1v) is 17.5. The van der Waals surface area contributed by atoms with E-state index in [4.69, 9.17) is 28.4 Å². The van der Waals surface area contributed by atoms with Gasteiger partial charge in [0.15, 0.2) is 34.5 Å². The summed E-state index contributed by atoms with van der Waals surface area (Å²) in [4.78, 5) is 0. The van der Waals surface area contributed by atoms with Gasteiger partial charge in [-0.05, 0) is 33.8 Å². The lowest BCUT2D eigenvalue weighted by atomic mass is 10.3. The van der Waals surface area contributed by atoms with Crippen molar-refractivity contribution < 1.29 is 28.4 Å². The van der Waals surface area contributed by atoms with Gasteiger partial charge in [0.05, 0.1) is 71.2 Å². The number of benzene rings is 3. The van der Waals surface area contributed by atoms with Crippen LogP contribution < -0.4 is 44.0 Å². The second-order valence-corrected chi connectivity index (χ2v) is 16.4. The fourth-order valence-electron chi connectivity index (χ4n) is 3.93. The van der Waals surface area contributed by atoms with Crippen molar-refractivity contribution in [1.29, 1.82) is 0 Å². The molecule has 0 atom stereocenters. The van der Waals surface area contributed by atoms with Gasteiger partial charge in [-0.25, -0.2) is 0 Å². The van der Waals surface area contributed by atoms with Crippen LogP contribution in [0.2, 0.25) is 17.0 Å². The van der Waals surface area contributed by atoms with Crippen molar-refractivity contribution in [1.82, 2.24) is 0 Å². The number of methoxy groups -OCH3 is 6. The van der Waals surface area contributed by atoms with Crippen LogP contribution in [0.5, 0.6) is 34.5 Å². The second-order valence-electron chi connectivity index (χ2n) is 7.93. The molecule has 0 amide bonds. The first-order chi connectivity index (χ1) is 18.1. The van der Waals surface area contributed by atoms with E-state index in [-0.39, 0.29) is 0 Å². The predicted octanol–water partition coefficient (Wildman–Crippen LogP) is 2.49. The lowest BCUT2D eigenvalue weighted by molar-refractivity contribution is 0.357. The summed E-state index contributed by atoms with van der Waals surface area (Å²) in [5.41, 5.74) is 3.48. The van der Waals surface area contributed by atoms with E-state index in [0.717, 1.165) is 51.5 Å². The highest BCUT2D eigenvalue weighted by Gasteiger charge is 2.20. The minimum absolute atomic E-state index is 0.653. The Kier molecular flexibility index (Phi) is 11.6. The lowest BCUT2D eigenvalue weighted by Gasteiger charge is -2.18. The molecule has 0 aliphatic carbocycles. The number of para-hydroxylation sites is 3. The van der Waals surface area contributed by atoms with Crippen LogP contribution in [0.1, 0.15) is 0 Å². The summed E-state index contributed by atoms with van der Waals surface area (Å²) in [7, 11) is 11.4. The molecule has 0 heterocycles. The van der Waals surface area contributed by atoms with Gasteiger partial charge in [-0.2, -0.15) is 0 Å². The fourth-order valence-corrected chi connectivity index (χ4v) is 15.9. The maximum Gasteiger partial charge on any atom is 0.160 e. The SMILES string of the molecule is COc1cccc([Si]C[Si](C[Si]c2cccc(OC)c2OC)C[Si]c2cccc(OC)c2OC)c1OC. The molecule has 0 spiro atoms. The Morgan fingerprint density at radius 3 is 1.00 bits per heavy atom. The Morgan fingerprint density at radius 2 is 0.757 bits per heavy atom. The molecule has 0 aromatic heterocycles. The highest BCUT2D eigenvalue weighted by Crippen LogP contribution is 2.26. The van der Waals surface area contributed by atoms with Crippen LogP contribution in [0.4, 0.5) is 0 Å². The summed E-state index contributed by atoms with van der Waals surface area (Å²) < 4.78 is 33.7. The normalized spacial score (nSPS) is 10.8. The summed E-state index contributed by atoms with van der Waals surface area (Å²) in [5.74, 6) is 4.89. The maximum atomic E-state index is 5.71. The predicted molar refractivity (Wildman–Crippen MR) is 155 cm³/mol. The van der Waals surface area contributed by atoms with Crippen molar-refractivity contribution in [3.05, 3.63) is 54.6 Å². The van der Waals surface area contributed by atoms with E-state index in [9.17, 15) is 0 Å². The smallest absolute Gasteiger partial charge is 0.160 e. The van der Waals surface area contributed by atoms with Gasteiger partial charge >= 0.3 is 0 Å². The number of hydrogen-bond donors (Lipinski definition) is 0. The molecule has 0 N–H and O–H groups in total. The van der Waals surface area contributed by atoms with Crippen molar-refractivity contribution in [3.8, 4) is 34.5 Å². The van der Waals surface area contributed by atoms with Crippen molar-refractivity contribution >= 4 is 52.9 Å². The van der Waals surface area contributed by atoms with Gasteiger partial charge in [0.1, 0.15) is 0 Å². The second kappa shape index (κ2) is 14.9. The molecule has 37 heavy (non-hydrogen) atoms. The molecule has 0 saturated heterocycles. The molecule has 0 aliphatic rings. The Balaban J connectivity index is 1.80. The zero-order valence-electron chi connectivity index (χ0n) is 22.3. The summed E-state index contributed by atoms with van der Waals surface area (Å²) in [5, 5.41) is 3.65.